The molecule has 3 aromatic rings. The van der Waals surface area contributed by atoms with Gasteiger partial charge >= 0.3 is 0 Å². The molecule has 1 aromatic heterocycles. The van der Waals surface area contributed by atoms with Gasteiger partial charge in [0.25, 0.3) is 5.91 Å². The van der Waals surface area contributed by atoms with E-state index < -0.39 is 6.10 Å². The van der Waals surface area contributed by atoms with Crippen LogP contribution in [0.2, 0.25) is 0 Å². The average Bonchev–Trinajstić information content (AvgIpc) is 3.20. The Morgan fingerprint density at radius 2 is 1.86 bits per heavy atom. The Hall–Kier alpha value is -2.96. The molecule has 0 saturated carbocycles. The number of rotatable bonds is 5. The lowest BCUT2D eigenvalue weighted by Gasteiger charge is -2.33. The second-order valence-electron chi connectivity index (χ2n) is 7.49. The van der Waals surface area contributed by atoms with E-state index in [1.807, 2.05) is 65.6 Å². The number of carbonyl (C=O) groups is 1. The largest absolute Gasteiger partial charge is 0.394 e. The van der Waals surface area contributed by atoms with Crippen molar-refractivity contribution in [3.05, 3.63) is 65.4 Å². The fourth-order valence-corrected chi connectivity index (χ4v) is 3.84. The first-order valence-corrected chi connectivity index (χ1v) is 9.95. The molecule has 0 radical (unpaired) electrons. The van der Waals surface area contributed by atoms with Crippen molar-refractivity contribution in [2.45, 2.75) is 18.9 Å². The summed E-state index contributed by atoms with van der Waals surface area (Å²) >= 11 is 0. The number of H-pyrrole nitrogens is 1. The van der Waals surface area contributed by atoms with Crippen LogP contribution in [0.4, 0.5) is 0 Å². The van der Waals surface area contributed by atoms with E-state index >= 15 is 0 Å². The third-order valence-corrected chi connectivity index (χ3v) is 5.65. The summed E-state index contributed by atoms with van der Waals surface area (Å²) in [6, 6.07) is 15.5. The van der Waals surface area contributed by atoms with Crippen LogP contribution in [0.1, 0.15) is 34.5 Å². The molecular weight excluding hydrogens is 366 g/mol. The highest BCUT2D eigenvalue weighted by Gasteiger charge is 2.27. The van der Waals surface area contributed by atoms with Crippen LogP contribution in [0.15, 0.2) is 48.5 Å². The first-order valence-electron chi connectivity index (χ1n) is 9.95. The number of hydrogen-bond acceptors (Lipinski definition) is 4. The number of piperidine rings is 1. The van der Waals surface area contributed by atoms with Crippen LogP contribution in [-0.2, 0) is 0 Å². The van der Waals surface area contributed by atoms with Crippen molar-refractivity contribution in [1.82, 2.24) is 15.1 Å². The van der Waals surface area contributed by atoms with Crippen molar-refractivity contribution in [1.29, 1.82) is 0 Å². The van der Waals surface area contributed by atoms with Gasteiger partial charge in [-0.25, -0.2) is 0 Å². The molecule has 2 aromatic carbocycles. The minimum Gasteiger partial charge on any atom is -0.394 e. The maximum absolute atomic E-state index is 12.7. The molecule has 0 aliphatic carbocycles. The molecule has 1 fully saturated rings. The zero-order chi connectivity index (χ0) is 20.2. The summed E-state index contributed by atoms with van der Waals surface area (Å²) in [5.41, 5.74) is 3.55. The Kier molecular flexibility index (Phi) is 5.74. The van der Waals surface area contributed by atoms with Crippen molar-refractivity contribution in [2.24, 2.45) is 5.92 Å². The van der Waals surface area contributed by atoms with Gasteiger partial charge in [0.2, 0.25) is 0 Å². The zero-order valence-corrected chi connectivity index (χ0v) is 16.2. The molecule has 1 unspecified atom stereocenters. The normalized spacial score (nSPS) is 16.6. The molecule has 2 heterocycles. The second-order valence-corrected chi connectivity index (χ2v) is 7.49. The van der Waals surface area contributed by atoms with Crippen molar-refractivity contribution in [3.63, 3.8) is 0 Å². The maximum Gasteiger partial charge on any atom is 0.253 e. The smallest absolute Gasteiger partial charge is 0.253 e. The Morgan fingerprint density at radius 1 is 1.14 bits per heavy atom. The number of hydrogen-bond donors (Lipinski definition) is 3. The standard InChI is InChI=1S/C23H25N3O3/c27-15-22(28)17-11-13-26(14-12-17)23(29)18-8-5-16(6-9-18)7-10-21-19-3-1-2-4-20(19)24-25-21/h1-10,17,22,27-28H,11-15H2,(H,24,25). The van der Waals surface area contributed by atoms with E-state index in [0.717, 1.165) is 22.2 Å². The van der Waals surface area contributed by atoms with E-state index in [0.29, 0.717) is 31.5 Å². The highest BCUT2D eigenvalue weighted by Crippen LogP contribution is 2.22. The Morgan fingerprint density at radius 3 is 2.59 bits per heavy atom. The molecule has 1 aliphatic rings. The molecule has 1 atom stereocenters. The molecule has 1 saturated heterocycles. The van der Waals surface area contributed by atoms with Gasteiger partial charge < -0.3 is 15.1 Å². The number of para-hydroxylation sites is 1. The predicted molar refractivity (Wildman–Crippen MR) is 113 cm³/mol. The summed E-state index contributed by atoms with van der Waals surface area (Å²) in [5.74, 6) is 0.0745. The monoisotopic (exact) mass is 391 g/mol. The van der Waals surface area contributed by atoms with E-state index in [1.54, 1.807) is 0 Å². The Balaban J connectivity index is 1.39. The van der Waals surface area contributed by atoms with Gasteiger partial charge in [-0.05, 0) is 48.6 Å². The van der Waals surface area contributed by atoms with E-state index in [9.17, 15) is 9.90 Å². The summed E-state index contributed by atoms with van der Waals surface area (Å²) < 4.78 is 0. The molecule has 1 amide bonds. The van der Waals surface area contributed by atoms with E-state index in [4.69, 9.17) is 5.11 Å². The molecule has 150 valence electrons. The predicted octanol–water partition coefficient (Wildman–Crippen LogP) is 2.94. The fraction of sp³-hybridized carbons (Fsp3) is 0.304. The number of benzene rings is 2. The number of aromatic amines is 1. The number of carbonyl (C=O) groups excluding carboxylic acids is 1. The van der Waals surface area contributed by atoms with Crippen molar-refractivity contribution >= 4 is 29.0 Å². The molecular formula is C23H25N3O3. The lowest BCUT2D eigenvalue weighted by Crippen LogP contribution is -2.42. The summed E-state index contributed by atoms with van der Waals surface area (Å²) in [5, 5.41) is 27.3. The van der Waals surface area contributed by atoms with Gasteiger partial charge in [0.15, 0.2) is 0 Å². The number of nitrogens with one attached hydrogen (secondary N) is 1. The highest BCUT2D eigenvalue weighted by atomic mass is 16.3. The molecule has 0 spiro atoms. The van der Waals surface area contributed by atoms with E-state index in [-0.39, 0.29) is 18.4 Å². The Labute approximate surface area is 169 Å². The number of amides is 1. The fourth-order valence-electron chi connectivity index (χ4n) is 3.84. The third-order valence-electron chi connectivity index (χ3n) is 5.65. The third kappa shape index (κ3) is 4.23. The molecule has 4 rings (SSSR count). The highest BCUT2D eigenvalue weighted by molar-refractivity contribution is 5.95. The second kappa shape index (κ2) is 8.59. The number of aliphatic hydroxyl groups is 2. The number of nitrogens with zero attached hydrogens (tertiary/aromatic N) is 2. The number of aromatic nitrogens is 2. The summed E-state index contributed by atoms with van der Waals surface area (Å²) in [6.07, 6.45) is 4.69. The summed E-state index contributed by atoms with van der Waals surface area (Å²) in [6.45, 7) is 0.991. The van der Waals surface area contributed by atoms with Crippen LogP contribution in [0.3, 0.4) is 0 Å². The minimum absolute atomic E-state index is 0.00997. The summed E-state index contributed by atoms with van der Waals surface area (Å²) in [4.78, 5) is 14.6. The van der Waals surface area contributed by atoms with Crippen LogP contribution in [0.5, 0.6) is 0 Å². The molecule has 1 aliphatic heterocycles. The first-order chi connectivity index (χ1) is 14.2. The van der Waals surface area contributed by atoms with Crippen molar-refractivity contribution in [2.75, 3.05) is 19.7 Å². The SMILES string of the molecule is O=C(c1ccc(C=Cc2n[nH]c3ccccc23)cc1)N1CCC(C(O)CO)CC1. The number of aliphatic hydroxyl groups excluding tert-OH is 2. The van der Waals surface area contributed by atoms with Gasteiger partial charge in [0.1, 0.15) is 0 Å². The van der Waals surface area contributed by atoms with Gasteiger partial charge in [0.05, 0.1) is 23.9 Å². The van der Waals surface area contributed by atoms with E-state index in [1.165, 1.54) is 0 Å². The van der Waals surface area contributed by atoms with Crippen LogP contribution < -0.4 is 0 Å². The molecule has 6 heteroatoms. The van der Waals surface area contributed by atoms with Crippen LogP contribution in [0.25, 0.3) is 23.1 Å². The van der Waals surface area contributed by atoms with E-state index in [2.05, 4.69) is 10.2 Å². The van der Waals surface area contributed by atoms with Gasteiger partial charge in [0, 0.05) is 24.0 Å². The zero-order valence-electron chi connectivity index (χ0n) is 16.2. The van der Waals surface area contributed by atoms with Crippen molar-refractivity contribution in [3.8, 4) is 0 Å². The summed E-state index contributed by atoms with van der Waals surface area (Å²) in [7, 11) is 0. The lowest BCUT2D eigenvalue weighted by molar-refractivity contribution is 0.0179. The van der Waals surface area contributed by atoms with Crippen LogP contribution in [-0.4, -0.2) is 57.0 Å². The van der Waals surface area contributed by atoms with Gasteiger partial charge in [-0.15, -0.1) is 0 Å². The van der Waals surface area contributed by atoms with Crippen molar-refractivity contribution < 1.29 is 15.0 Å². The van der Waals surface area contributed by atoms with Gasteiger partial charge in [-0.3, -0.25) is 9.89 Å². The topological polar surface area (TPSA) is 89.5 Å². The van der Waals surface area contributed by atoms with Crippen LogP contribution >= 0.6 is 0 Å². The van der Waals surface area contributed by atoms with Gasteiger partial charge in [-0.1, -0.05) is 36.4 Å². The van der Waals surface area contributed by atoms with Gasteiger partial charge in [-0.2, -0.15) is 5.10 Å². The lowest BCUT2D eigenvalue weighted by atomic mass is 9.91. The number of likely N-dealkylation sites (tertiary alicyclic amines) is 1. The van der Waals surface area contributed by atoms with Crippen LogP contribution in [0, 0.1) is 5.92 Å². The molecule has 6 nitrogen and oxygen atoms in total. The first kappa shape index (κ1) is 19.4. The quantitative estimate of drug-likeness (QED) is 0.624. The molecule has 3 N–H and O–H groups in total. The molecule has 29 heavy (non-hydrogen) atoms. The molecule has 0 bridgehead atoms. The minimum atomic E-state index is -0.690. The maximum atomic E-state index is 12.7. The average molecular weight is 391 g/mol. The number of fused-ring (bicyclic) bond motifs is 1. The Bertz CT molecular complexity index is 1000.